The molecule has 21 heavy (non-hydrogen) atoms. The lowest BCUT2D eigenvalue weighted by atomic mass is 10.0. The van der Waals surface area contributed by atoms with Crippen molar-refractivity contribution in [3.8, 4) is 17.2 Å². The van der Waals surface area contributed by atoms with Crippen molar-refractivity contribution >= 4 is 12.0 Å². The molecule has 0 aliphatic rings. The molecule has 3 nitrogen and oxygen atoms in total. The molecule has 0 amide bonds. The van der Waals surface area contributed by atoms with Crippen LogP contribution >= 0.6 is 0 Å². The first-order valence-corrected chi connectivity index (χ1v) is 6.57. The third-order valence-corrected chi connectivity index (χ3v) is 3.08. The zero-order valence-electron chi connectivity index (χ0n) is 11.7. The number of hydrogen-bond acceptors (Lipinski definition) is 3. The number of hydrogen-bond donors (Lipinski definition) is 0. The molecule has 0 aliphatic carbocycles. The molecule has 0 unspecified atom stereocenters. The van der Waals surface area contributed by atoms with Crippen molar-refractivity contribution in [2.24, 2.45) is 0 Å². The van der Waals surface area contributed by atoms with E-state index >= 15 is 0 Å². The van der Waals surface area contributed by atoms with Crippen LogP contribution in [-0.2, 0) is 9.53 Å². The molecule has 0 bridgehead atoms. The first-order chi connectivity index (χ1) is 10.2. The van der Waals surface area contributed by atoms with Crippen LogP contribution in [-0.4, -0.2) is 13.1 Å². The molecule has 0 spiro atoms. The number of rotatable bonds is 4. The fourth-order valence-electron chi connectivity index (χ4n) is 1.90. The SMILES string of the molecule is COC(=O)C/C=C/c1ccc(-c2ccc(C#N)cc2)cc1. The summed E-state index contributed by atoms with van der Waals surface area (Å²) in [5.74, 6) is -0.250. The summed E-state index contributed by atoms with van der Waals surface area (Å²) in [4.78, 5) is 11.0. The number of esters is 1. The minimum Gasteiger partial charge on any atom is -0.469 e. The van der Waals surface area contributed by atoms with Gasteiger partial charge in [-0.2, -0.15) is 5.26 Å². The molecule has 0 atom stereocenters. The minimum absolute atomic E-state index is 0.250. The molecule has 0 fully saturated rings. The largest absolute Gasteiger partial charge is 0.469 e. The lowest BCUT2D eigenvalue weighted by Crippen LogP contribution is -1.96. The first kappa shape index (κ1) is 14.5. The summed E-state index contributed by atoms with van der Waals surface area (Å²) < 4.78 is 4.57. The highest BCUT2D eigenvalue weighted by Gasteiger charge is 1.98. The Balaban J connectivity index is 2.08. The van der Waals surface area contributed by atoms with Crippen LogP contribution in [0.5, 0.6) is 0 Å². The molecule has 0 radical (unpaired) electrons. The average Bonchev–Trinajstić information content (AvgIpc) is 2.55. The normalized spacial score (nSPS) is 10.3. The maximum atomic E-state index is 11.0. The fraction of sp³-hybridized carbons (Fsp3) is 0.111. The molecule has 2 aromatic carbocycles. The topological polar surface area (TPSA) is 50.1 Å². The summed E-state index contributed by atoms with van der Waals surface area (Å²) in [7, 11) is 1.38. The van der Waals surface area contributed by atoms with Crippen LogP contribution in [0.1, 0.15) is 17.5 Å². The van der Waals surface area contributed by atoms with Crippen LogP contribution in [0.4, 0.5) is 0 Å². The Morgan fingerprint density at radius 3 is 2.19 bits per heavy atom. The predicted octanol–water partition coefficient (Wildman–Crippen LogP) is 3.80. The summed E-state index contributed by atoms with van der Waals surface area (Å²) in [6.45, 7) is 0. The van der Waals surface area contributed by atoms with E-state index < -0.39 is 0 Å². The van der Waals surface area contributed by atoms with Gasteiger partial charge in [0.25, 0.3) is 0 Å². The van der Waals surface area contributed by atoms with Crippen molar-refractivity contribution < 1.29 is 9.53 Å². The van der Waals surface area contributed by atoms with Crippen LogP contribution in [0.2, 0.25) is 0 Å². The molecule has 0 saturated heterocycles. The van der Waals surface area contributed by atoms with E-state index in [0.717, 1.165) is 16.7 Å². The minimum atomic E-state index is -0.250. The Labute approximate surface area is 124 Å². The highest BCUT2D eigenvalue weighted by Crippen LogP contribution is 2.20. The van der Waals surface area contributed by atoms with Crippen molar-refractivity contribution in [2.45, 2.75) is 6.42 Å². The number of carbonyl (C=O) groups is 1. The Bertz CT molecular complexity index is 677. The first-order valence-electron chi connectivity index (χ1n) is 6.57. The predicted molar refractivity (Wildman–Crippen MR) is 82.3 cm³/mol. The van der Waals surface area contributed by atoms with Crippen LogP contribution < -0.4 is 0 Å². The zero-order chi connectivity index (χ0) is 15.1. The Kier molecular flexibility index (Phi) is 4.89. The van der Waals surface area contributed by atoms with E-state index in [-0.39, 0.29) is 12.4 Å². The van der Waals surface area contributed by atoms with Gasteiger partial charge >= 0.3 is 5.97 Å². The molecule has 0 N–H and O–H groups in total. The fourth-order valence-corrected chi connectivity index (χ4v) is 1.90. The molecule has 2 rings (SSSR count). The number of carbonyl (C=O) groups excluding carboxylic acids is 1. The van der Waals surface area contributed by atoms with Gasteiger partial charge in [-0.25, -0.2) is 0 Å². The third kappa shape index (κ3) is 4.05. The molecule has 3 heteroatoms. The second-order valence-corrected chi connectivity index (χ2v) is 4.49. The van der Waals surface area contributed by atoms with E-state index in [1.165, 1.54) is 7.11 Å². The van der Waals surface area contributed by atoms with Crippen LogP contribution in [0.15, 0.2) is 54.6 Å². The third-order valence-electron chi connectivity index (χ3n) is 3.08. The van der Waals surface area contributed by atoms with Crippen molar-refractivity contribution in [1.82, 2.24) is 0 Å². The zero-order valence-corrected chi connectivity index (χ0v) is 11.7. The molecule has 0 saturated carbocycles. The van der Waals surface area contributed by atoms with Crippen molar-refractivity contribution in [1.29, 1.82) is 5.26 Å². The smallest absolute Gasteiger partial charge is 0.309 e. The Morgan fingerprint density at radius 2 is 1.67 bits per heavy atom. The Hall–Kier alpha value is -2.86. The lowest BCUT2D eigenvalue weighted by molar-refractivity contribution is -0.139. The summed E-state index contributed by atoms with van der Waals surface area (Å²) >= 11 is 0. The van der Waals surface area contributed by atoms with Gasteiger partial charge in [-0.1, -0.05) is 48.6 Å². The molecule has 0 aromatic heterocycles. The quantitative estimate of drug-likeness (QED) is 0.799. The van der Waals surface area contributed by atoms with E-state index in [0.29, 0.717) is 5.56 Å². The molecular formula is C18H15NO2. The molecule has 2 aromatic rings. The highest BCUT2D eigenvalue weighted by atomic mass is 16.5. The summed E-state index contributed by atoms with van der Waals surface area (Å²) in [6.07, 6.45) is 3.94. The van der Waals surface area contributed by atoms with E-state index in [1.807, 2.05) is 42.5 Å². The summed E-state index contributed by atoms with van der Waals surface area (Å²) in [6, 6.07) is 17.6. The number of ether oxygens (including phenoxy) is 1. The van der Waals surface area contributed by atoms with Crippen LogP contribution in [0.25, 0.3) is 17.2 Å². The monoisotopic (exact) mass is 277 g/mol. The van der Waals surface area contributed by atoms with Gasteiger partial charge in [-0.15, -0.1) is 0 Å². The van der Waals surface area contributed by atoms with Gasteiger partial charge in [0, 0.05) is 0 Å². The van der Waals surface area contributed by atoms with Gasteiger partial charge < -0.3 is 4.74 Å². The van der Waals surface area contributed by atoms with Crippen molar-refractivity contribution in [2.75, 3.05) is 7.11 Å². The maximum absolute atomic E-state index is 11.0. The van der Waals surface area contributed by atoms with Gasteiger partial charge in [0.15, 0.2) is 0 Å². The van der Waals surface area contributed by atoms with Gasteiger partial charge in [0.05, 0.1) is 25.2 Å². The van der Waals surface area contributed by atoms with Gasteiger partial charge in [-0.3, -0.25) is 4.79 Å². The Morgan fingerprint density at radius 1 is 1.10 bits per heavy atom. The standard InChI is InChI=1S/C18H15NO2/c1-21-18(20)4-2-3-14-5-9-16(10-6-14)17-11-7-15(13-19)8-12-17/h2-3,5-12H,4H2,1H3/b3-2+. The van der Waals surface area contributed by atoms with Crippen molar-refractivity contribution in [3.05, 3.63) is 65.7 Å². The number of nitrogens with zero attached hydrogens (tertiary/aromatic N) is 1. The van der Waals surface area contributed by atoms with Gasteiger partial charge in [0.2, 0.25) is 0 Å². The van der Waals surface area contributed by atoms with Gasteiger partial charge in [-0.05, 0) is 28.8 Å². The highest BCUT2D eigenvalue weighted by molar-refractivity contribution is 5.73. The van der Waals surface area contributed by atoms with Crippen molar-refractivity contribution in [3.63, 3.8) is 0 Å². The molecule has 104 valence electrons. The average molecular weight is 277 g/mol. The number of methoxy groups -OCH3 is 1. The van der Waals surface area contributed by atoms with Gasteiger partial charge in [0.1, 0.15) is 0 Å². The van der Waals surface area contributed by atoms with Crippen LogP contribution in [0, 0.1) is 11.3 Å². The van der Waals surface area contributed by atoms with E-state index in [2.05, 4.69) is 10.8 Å². The molecule has 0 aliphatic heterocycles. The van der Waals surface area contributed by atoms with Crippen LogP contribution in [0.3, 0.4) is 0 Å². The summed E-state index contributed by atoms with van der Waals surface area (Å²) in [5, 5.41) is 8.78. The van der Waals surface area contributed by atoms with E-state index in [9.17, 15) is 4.79 Å². The maximum Gasteiger partial charge on any atom is 0.309 e. The number of benzene rings is 2. The molecular weight excluding hydrogens is 262 g/mol. The second-order valence-electron chi connectivity index (χ2n) is 4.49. The molecule has 0 heterocycles. The van der Waals surface area contributed by atoms with E-state index in [1.54, 1.807) is 18.2 Å². The van der Waals surface area contributed by atoms with E-state index in [4.69, 9.17) is 5.26 Å². The lowest BCUT2D eigenvalue weighted by Gasteiger charge is -2.02. The summed E-state index contributed by atoms with van der Waals surface area (Å²) in [5.41, 5.74) is 3.83. The number of nitriles is 1. The second kappa shape index (κ2) is 7.06.